The fraction of sp³-hybridized carbons (Fsp3) is 0.545. The van der Waals surface area contributed by atoms with E-state index in [1.807, 2.05) is 0 Å². The van der Waals surface area contributed by atoms with Crippen LogP contribution in [-0.4, -0.2) is 5.16 Å². The molecule has 0 saturated carbocycles. The lowest BCUT2D eigenvalue weighted by Gasteiger charge is -1.97. The van der Waals surface area contributed by atoms with Gasteiger partial charge in [-0.1, -0.05) is 32.9 Å². The van der Waals surface area contributed by atoms with Gasteiger partial charge in [0.2, 0.25) is 0 Å². The van der Waals surface area contributed by atoms with Crippen LogP contribution in [0.2, 0.25) is 0 Å². The lowest BCUT2D eigenvalue weighted by Crippen LogP contribution is -1.85. The van der Waals surface area contributed by atoms with Crippen LogP contribution in [0.4, 0.5) is 0 Å². The number of aromatic nitrogens is 1. The topological polar surface area (TPSA) is 26.0 Å². The van der Waals surface area contributed by atoms with Gasteiger partial charge in [0.05, 0.1) is 4.70 Å². The van der Waals surface area contributed by atoms with Crippen LogP contribution in [0.3, 0.4) is 0 Å². The third-order valence-corrected chi connectivity index (χ3v) is 3.41. The van der Waals surface area contributed by atoms with Crippen molar-refractivity contribution >= 4 is 21.6 Å². The molecule has 2 aromatic rings. The zero-order chi connectivity index (χ0) is 10.3. The van der Waals surface area contributed by atoms with Crippen molar-refractivity contribution in [2.75, 3.05) is 0 Å². The van der Waals surface area contributed by atoms with Gasteiger partial charge in [-0.2, -0.15) is 0 Å². The van der Waals surface area contributed by atoms with Crippen molar-refractivity contribution in [1.29, 1.82) is 0 Å². The maximum Gasteiger partial charge on any atom is 0.181 e. The van der Waals surface area contributed by atoms with Crippen LogP contribution in [0.1, 0.15) is 50.8 Å². The number of hydrogen-bond donors (Lipinski definition) is 0. The second-order valence-corrected chi connectivity index (χ2v) is 5.11. The Morgan fingerprint density at radius 3 is 2.50 bits per heavy atom. The Labute approximate surface area is 87.9 Å². The minimum atomic E-state index is 0.440. The van der Waals surface area contributed by atoms with E-state index in [1.54, 1.807) is 11.3 Å². The third kappa shape index (κ3) is 1.36. The van der Waals surface area contributed by atoms with E-state index in [4.69, 9.17) is 4.52 Å². The van der Waals surface area contributed by atoms with Crippen molar-refractivity contribution in [2.24, 2.45) is 0 Å². The van der Waals surface area contributed by atoms with Crippen molar-refractivity contribution in [3.63, 3.8) is 0 Å². The number of rotatable bonds is 2. The van der Waals surface area contributed by atoms with E-state index in [-0.39, 0.29) is 0 Å². The summed E-state index contributed by atoms with van der Waals surface area (Å²) in [6, 6.07) is 0. The summed E-state index contributed by atoms with van der Waals surface area (Å²) in [5.74, 6) is 0.951. The molecule has 0 bridgehead atoms. The first kappa shape index (κ1) is 9.71. The Balaban J connectivity index is 2.61. The van der Waals surface area contributed by atoms with E-state index in [1.165, 1.54) is 10.3 Å². The lowest BCUT2D eigenvalue weighted by molar-refractivity contribution is 0.438. The maximum absolute atomic E-state index is 5.40. The average molecular weight is 209 g/mol. The summed E-state index contributed by atoms with van der Waals surface area (Å²) in [5.41, 5.74) is 3.37. The fourth-order valence-electron chi connectivity index (χ4n) is 1.53. The molecule has 0 aliphatic heterocycles. The molecule has 3 heteroatoms. The maximum atomic E-state index is 5.40. The van der Waals surface area contributed by atoms with Crippen molar-refractivity contribution in [2.45, 2.75) is 39.5 Å². The normalized spacial score (nSPS) is 12.1. The SMILES string of the molecule is CC(C)c1csc2c(C(C)C)noc12. The third-order valence-electron chi connectivity index (χ3n) is 2.41. The van der Waals surface area contributed by atoms with Gasteiger partial charge in [-0.25, -0.2) is 0 Å². The standard InChI is InChI=1S/C11H15NOS/c1-6(2)8-5-14-11-9(7(3)4)12-13-10(8)11/h5-7H,1-4H3. The fourth-order valence-corrected chi connectivity index (χ4v) is 2.81. The molecule has 0 radical (unpaired) electrons. The van der Waals surface area contributed by atoms with Gasteiger partial charge in [0, 0.05) is 11.5 Å². The number of thiophene rings is 1. The summed E-state index contributed by atoms with van der Waals surface area (Å²) in [7, 11) is 0. The van der Waals surface area contributed by atoms with Gasteiger partial charge in [-0.15, -0.1) is 11.3 Å². The predicted molar refractivity (Wildman–Crippen MR) is 60.1 cm³/mol. The second-order valence-electron chi connectivity index (χ2n) is 4.23. The van der Waals surface area contributed by atoms with E-state index in [9.17, 15) is 0 Å². The van der Waals surface area contributed by atoms with Crippen LogP contribution in [-0.2, 0) is 0 Å². The molecule has 0 fully saturated rings. The number of nitrogens with zero attached hydrogens (tertiary/aromatic N) is 1. The molecule has 2 nitrogen and oxygen atoms in total. The van der Waals surface area contributed by atoms with Crippen LogP contribution < -0.4 is 0 Å². The summed E-state index contributed by atoms with van der Waals surface area (Å²) >= 11 is 1.75. The summed E-state index contributed by atoms with van der Waals surface area (Å²) in [5, 5.41) is 6.32. The van der Waals surface area contributed by atoms with Crippen molar-refractivity contribution in [3.8, 4) is 0 Å². The molecule has 0 atom stereocenters. The van der Waals surface area contributed by atoms with E-state index in [0.29, 0.717) is 11.8 Å². The van der Waals surface area contributed by atoms with Gasteiger partial charge in [0.1, 0.15) is 5.69 Å². The highest BCUT2D eigenvalue weighted by Gasteiger charge is 2.17. The molecular formula is C11H15NOS. The van der Waals surface area contributed by atoms with E-state index >= 15 is 0 Å². The zero-order valence-electron chi connectivity index (χ0n) is 9.00. The monoisotopic (exact) mass is 209 g/mol. The zero-order valence-corrected chi connectivity index (χ0v) is 9.81. The highest BCUT2D eigenvalue weighted by molar-refractivity contribution is 7.17. The minimum Gasteiger partial charge on any atom is -0.355 e. The second kappa shape index (κ2) is 3.39. The molecule has 2 aromatic heterocycles. The molecule has 2 rings (SSSR count). The Bertz CT molecular complexity index is 397. The van der Waals surface area contributed by atoms with Crippen LogP contribution in [0.15, 0.2) is 9.90 Å². The summed E-state index contributed by atoms with van der Waals surface area (Å²) in [4.78, 5) is 0. The summed E-state index contributed by atoms with van der Waals surface area (Å²) in [6.45, 7) is 8.65. The number of fused-ring (bicyclic) bond motifs is 1. The molecule has 2 heterocycles. The molecule has 14 heavy (non-hydrogen) atoms. The molecule has 0 amide bonds. The van der Waals surface area contributed by atoms with Crippen molar-refractivity contribution < 1.29 is 4.52 Å². The summed E-state index contributed by atoms with van der Waals surface area (Å²) in [6.07, 6.45) is 0. The molecule has 0 N–H and O–H groups in total. The van der Waals surface area contributed by atoms with E-state index in [2.05, 4.69) is 38.2 Å². The molecule has 0 aliphatic rings. The van der Waals surface area contributed by atoms with Gasteiger partial charge < -0.3 is 4.52 Å². The highest BCUT2D eigenvalue weighted by atomic mass is 32.1. The van der Waals surface area contributed by atoms with E-state index < -0.39 is 0 Å². The van der Waals surface area contributed by atoms with Crippen LogP contribution in [0.25, 0.3) is 10.3 Å². The van der Waals surface area contributed by atoms with Gasteiger partial charge in [0.25, 0.3) is 0 Å². The first-order chi connectivity index (χ1) is 6.61. The van der Waals surface area contributed by atoms with E-state index in [0.717, 1.165) is 11.3 Å². The minimum absolute atomic E-state index is 0.440. The van der Waals surface area contributed by atoms with Crippen LogP contribution in [0.5, 0.6) is 0 Å². The van der Waals surface area contributed by atoms with Crippen molar-refractivity contribution in [1.82, 2.24) is 5.16 Å². The lowest BCUT2D eigenvalue weighted by atomic mass is 10.1. The molecule has 0 unspecified atom stereocenters. The molecule has 0 aromatic carbocycles. The van der Waals surface area contributed by atoms with Gasteiger partial charge in [-0.05, 0) is 11.3 Å². The molecule has 76 valence electrons. The Morgan fingerprint density at radius 2 is 1.93 bits per heavy atom. The molecule has 0 spiro atoms. The van der Waals surface area contributed by atoms with Gasteiger partial charge in [0.15, 0.2) is 5.58 Å². The summed E-state index contributed by atoms with van der Waals surface area (Å²) < 4.78 is 6.63. The largest absolute Gasteiger partial charge is 0.355 e. The first-order valence-electron chi connectivity index (χ1n) is 4.98. The molecule has 0 saturated heterocycles. The number of hydrogen-bond acceptors (Lipinski definition) is 3. The van der Waals surface area contributed by atoms with Crippen LogP contribution in [0, 0.1) is 0 Å². The molecular weight excluding hydrogens is 194 g/mol. The average Bonchev–Trinajstić information content (AvgIpc) is 2.59. The quantitative estimate of drug-likeness (QED) is 0.743. The molecule has 0 aliphatic carbocycles. The first-order valence-corrected chi connectivity index (χ1v) is 5.86. The Kier molecular flexibility index (Phi) is 2.35. The van der Waals surface area contributed by atoms with Gasteiger partial charge >= 0.3 is 0 Å². The van der Waals surface area contributed by atoms with Gasteiger partial charge in [-0.3, -0.25) is 0 Å². The van der Waals surface area contributed by atoms with Crippen molar-refractivity contribution in [3.05, 3.63) is 16.6 Å². The predicted octanol–water partition coefficient (Wildman–Crippen LogP) is 4.14. The smallest absolute Gasteiger partial charge is 0.181 e. The Morgan fingerprint density at radius 1 is 1.21 bits per heavy atom. The van der Waals surface area contributed by atoms with Crippen LogP contribution >= 0.6 is 11.3 Å². The highest BCUT2D eigenvalue weighted by Crippen LogP contribution is 2.35. The Hall–Kier alpha value is -0.830.